The molecular weight excluding hydrogens is 236 g/mol. The van der Waals surface area contributed by atoms with Gasteiger partial charge in [-0.3, -0.25) is 4.90 Å². The molecule has 2 nitrogen and oxygen atoms in total. The van der Waals surface area contributed by atoms with Crippen molar-refractivity contribution in [3.05, 3.63) is 0 Å². The van der Waals surface area contributed by atoms with Crippen molar-refractivity contribution in [2.24, 2.45) is 11.7 Å². The monoisotopic (exact) mass is 260 g/mol. The molecule has 2 fully saturated rings. The summed E-state index contributed by atoms with van der Waals surface area (Å²) in [7, 11) is 0. The number of nitrogens with zero attached hydrogens (tertiary/aromatic N) is 1. The molecule has 2 heterocycles. The zero-order valence-corrected chi connectivity index (χ0v) is 12.0. The Hall–Kier alpha value is 0.620. The summed E-state index contributed by atoms with van der Waals surface area (Å²) >= 11 is 4.22. The Bertz CT molecular complexity index is 217. The van der Waals surface area contributed by atoms with Gasteiger partial charge in [0.1, 0.15) is 0 Å². The fraction of sp³-hybridized carbons (Fsp3) is 1.00. The highest BCUT2D eigenvalue weighted by molar-refractivity contribution is 8.00. The van der Waals surface area contributed by atoms with E-state index in [1.807, 2.05) is 0 Å². The number of rotatable bonds is 3. The number of thioether (sulfide) groups is 2. The minimum absolute atomic E-state index is 0.633. The van der Waals surface area contributed by atoms with Crippen LogP contribution in [-0.4, -0.2) is 52.6 Å². The Labute approximate surface area is 108 Å². The van der Waals surface area contributed by atoms with E-state index in [1.165, 1.54) is 30.2 Å². The van der Waals surface area contributed by atoms with Crippen LogP contribution in [0.3, 0.4) is 0 Å². The molecule has 2 rings (SSSR count). The molecule has 0 amide bonds. The van der Waals surface area contributed by atoms with E-state index in [1.54, 1.807) is 0 Å². The molecule has 2 aliphatic rings. The van der Waals surface area contributed by atoms with Gasteiger partial charge in [0, 0.05) is 36.2 Å². The van der Waals surface area contributed by atoms with Crippen LogP contribution in [0.25, 0.3) is 0 Å². The van der Waals surface area contributed by atoms with Crippen LogP contribution in [0.1, 0.15) is 20.3 Å². The van der Waals surface area contributed by atoms with Crippen LogP contribution >= 0.6 is 23.5 Å². The predicted octanol–water partition coefficient (Wildman–Crippen LogP) is 1.89. The Morgan fingerprint density at radius 1 is 1.38 bits per heavy atom. The molecule has 4 atom stereocenters. The minimum Gasteiger partial charge on any atom is -0.329 e. The highest BCUT2D eigenvalue weighted by Gasteiger charge is 2.35. The van der Waals surface area contributed by atoms with Gasteiger partial charge in [0.25, 0.3) is 0 Å². The highest BCUT2D eigenvalue weighted by atomic mass is 32.2. The zero-order chi connectivity index (χ0) is 11.5. The third-order valence-corrected chi connectivity index (χ3v) is 6.64. The van der Waals surface area contributed by atoms with Crippen molar-refractivity contribution in [1.82, 2.24) is 4.90 Å². The van der Waals surface area contributed by atoms with Crippen molar-refractivity contribution in [1.29, 1.82) is 0 Å². The van der Waals surface area contributed by atoms with Gasteiger partial charge in [-0.25, -0.2) is 0 Å². The molecule has 16 heavy (non-hydrogen) atoms. The second-order valence-electron chi connectivity index (χ2n) is 4.98. The van der Waals surface area contributed by atoms with Gasteiger partial charge in [-0.1, -0.05) is 6.92 Å². The smallest absolute Gasteiger partial charge is 0.0258 e. The van der Waals surface area contributed by atoms with Crippen molar-refractivity contribution in [3.63, 3.8) is 0 Å². The number of hydrogen-bond acceptors (Lipinski definition) is 4. The van der Waals surface area contributed by atoms with E-state index >= 15 is 0 Å². The van der Waals surface area contributed by atoms with Gasteiger partial charge in [0.05, 0.1) is 0 Å². The molecule has 0 spiro atoms. The Morgan fingerprint density at radius 2 is 2.19 bits per heavy atom. The fourth-order valence-electron chi connectivity index (χ4n) is 2.88. The summed E-state index contributed by atoms with van der Waals surface area (Å²) in [5.41, 5.74) is 6.03. The molecule has 0 saturated carbocycles. The van der Waals surface area contributed by atoms with Gasteiger partial charge in [0.2, 0.25) is 0 Å². The topological polar surface area (TPSA) is 29.3 Å². The largest absolute Gasteiger partial charge is 0.329 e. The summed E-state index contributed by atoms with van der Waals surface area (Å²) in [6.45, 7) is 6.81. The molecule has 2 N–H and O–H groups in total. The van der Waals surface area contributed by atoms with Gasteiger partial charge >= 0.3 is 0 Å². The molecule has 0 aromatic heterocycles. The lowest BCUT2D eigenvalue weighted by atomic mass is 9.95. The molecule has 4 heteroatoms. The molecule has 0 bridgehead atoms. The predicted molar refractivity (Wildman–Crippen MR) is 76.4 cm³/mol. The summed E-state index contributed by atoms with van der Waals surface area (Å²) in [4.78, 5) is 2.69. The second-order valence-corrected chi connectivity index (χ2v) is 7.62. The maximum absolute atomic E-state index is 6.03. The van der Waals surface area contributed by atoms with E-state index in [0.717, 1.165) is 17.7 Å². The van der Waals surface area contributed by atoms with E-state index < -0.39 is 0 Å². The highest BCUT2D eigenvalue weighted by Crippen LogP contribution is 2.33. The molecule has 94 valence electrons. The molecule has 0 radical (unpaired) electrons. The van der Waals surface area contributed by atoms with E-state index in [-0.39, 0.29) is 0 Å². The Morgan fingerprint density at radius 3 is 2.81 bits per heavy atom. The van der Waals surface area contributed by atoms with Crippen LogP contribution in [0.2, 0.25) is 0 Å². The average molecular weight is 260 g/mol. The first-order chi connectivity index (χ1) is 7.74. The fourth-order valence-corrected chi connectivity index (χ4v) is 5.33. The molecule has 2 saturated heterocycles. The van der Waals surface area contributed by atoms with Crippen molar-refractivity contribution < 1.29 is 0 Å². The molecule has 0 aromatic rings. The van der Waals surface area contributed by atoms with Crippen molar-refractivity contribution in [2.75, 3.05) is 30.3 Å². The van der Waals surface area contributed by atoms with Crippen LogP contribution in [0.15, 0.2) is 0 Å². The lowest BCUT2D eigenvalue weighted by Crippen LogP contribution is -2.55. The first kappa shape index (κ1) is 13.1. The summed E-state index contributed by atoms with van der Waals surface area (Å²) in [6.07, 6.45) is 1.37. The van der Waals surface area contributed by atoms with Crippen molar-refractivity contribution >= 4 is 23.5 Å². The van der Waals surface area contributed by atoms with E-state index in [4.69, 9.17) is 5.73 Å². The third kappa shape index (κ3) is 2.71. The zero-order valence-electron chi connectivity index (χ0n) is 10.4. The van der Waals surface area contributed by atoms with E-state index in [2.05, 4.69) is 42.3 Å². The Balaban J connectivity index is 2.01. The standard InChI is InChI=1S/C12H24N2S2/c1-9-10(2)16-6-4-14(9)12(7-13)11-3-5-15-8-11/h9-12H,3-8,13H2,1-2H3. The summed E-state index contributed by atoms with van der Waals surface area (Å²) in [5, 5.41) is 0.761. The van der Waals surface area contributed by atoms with Crippen LogP contribution < -0.4 is 5.73 Å². The lowest BCUT2D eigenvalue weighted by Gasteiger charge is -2.44. The molecule has 0 aromatic carbocycles. The van der Waals surface area contributed by atoms with Crippen LogP contribution in [-0.2, 0) is 0 Å². The number of nitrogens with two attached hydrogens (primary N) is 1. The maximum atomic E-state index is 6.03. The normalized spacial score (nSPS) is 38.8. The molecular formula is C12H24N2S2. The SMILES string of the molecule is CC1SCCN(C(CN)C2CCSC2)C1C. The van der Waals surface area contributed by atoms with Crippen molar-refractivity contribution in [2.45, 2.75) is 37.6 Å². The summed E-state index contributed by atoms with van der Waals surface area (Å²) in [6, 6.07) is 1.33. The number of hydrogen-bond donors (Lipinski definition) is 1. The second kappa shape index (κ2) is 5.98. The summed E-state index contributed by atoms with van der Waals surface area (Å²) in [5.74, 6) is 4.79. The van der Waals surface area contributed by atoms with Gasteiger partial charge in [-0.05, 0) is 30.8 Å². The third-order valence-electron chi connectivity index (χ3n) is 4.11. The Kier molecular flexibility index (Phi) is 4.89. The minimum atomic E-state index is 0.633. The molecule has 2 aliphatic heterocycles. The van der Waals surface area contributed by atoms with E-state index in [0.29, 0.717) is 12.1 Å². The summed E-state index contributed by atoms with van der Waals surface area (Å²) < 4.78 is 0. The molecule has 4 unspecified atom stereocenters. The lowest BCUT2D eigenvalue weighted by molar-refractivity contribution is 0.114. The van der Waals surface area contributed by atoms with Gasteiger partial charge in [-0.15, -0.1) is 0 Å². The average Bonchev–Trinajstić information content (AvgIpc) is 2.79. The maximum Gasteiger partial charge on any atom is 0.0258 e. The van der Waals surface area contributed by atoms with Gasteiger partial charge < -0.3 is 5.73 Å². The van der Waals surface area contributed by atoms with Crippen LogP contribution in [0, 0.1) is 5.92 Å². The van der Waals surface area contributed by atoms with Crippen LogP contribution in [0.5, 0.6) is 0 Å². The quantitative estimate of drug-likeness (QED) is 0.839. The van der Waals surface area contributed by atoms with Gasteiger partial charge in [-0.2, -0.15) is 23.5 Å². The van der Waals surface area contributed by atoms with Crippen molar-refractivity contribution in [3.8, 4) is 0 Å². The van der Waals surface area contributed by atoms with E-state index in [9.17, 15) is 0 Å². The first-order valence-electron chi connectivity index (χ1n) is 6.39. The molecule has 0 aliphatic carbocycles. The van der Waals surface area contributed by atoms with Crippen LogP contribution in [0.4, 0.5) is 0 Å². The first-order valence-corrected chi connectivity index (χ1v) is 8.59. The van der Waals surface area contributed by atoms with Gasteiger partial charge in [0.15, 0.2) is 0 Å².